The fourth-order valence-electron chi connectivity index (χ4n) is 2.62. The summed E-state index contributed by atoms with van der Waals surface area (Å²) in [6.45, 7) is 4.16. The van der Waals surface area contributed by atoms with E-state index in [1.54, 1.807) is 0 Å². The fourth-order valence-corrected chi connectivity index (χ4v) is 3.30. The van der Waals surface area contributed by atoms with Gasteiger partial charge >= 0.3 is 0 Å². The highest BCUT2D eigenvalue weighted by atomic mass is 79.9. The van der Waals surface area contributed by atoms with Crippen LogP contribution in [-0.4, -0.2) is 17.0 Å². The van der Waals surface area contributed by atoms with Crippen LogP contribution in [0.5, 0.6) is 0 Å². The van der Waals surface area contributed by atoms with Crippen LogP contribution >= 0.6 is 15.9 Å². The molecule has 0 bridgehead atoms. The lowest BCUT2D eigenvalue weighted by molar-refractivity contribution is 1.15. The van der Waals surface area contributed by atoms with Crippen LogP contribution in [0.3, 0.4) is 0 Å². The van der Waals surface area contributed by atoms with Crippen LogP contribution in [0, 0.1) is 13.8 Å². The van der Waals surface area contributed by atoms with Crippen molar-refractivity contribution in [2.45, 2.75) is 13.8 Å². The monoisotopic (exact) mass is 382 g/mol. The minimum atomic E-state index is 0.589. The second kappa shape index (κ2) is 7.01. The Morgan fingerprint density at radius 1 is 0.917 bits per heavy atom. The number of hydrogen-bond donors (Lipinski definition) is 2. The van der Waals surface area contributed by atoms with Crippen molar-refractivity contribution < 1.29 is 0 Å². The van der Waals surface area contributed by atoms with Crippen molar-refractivity contribution in [3.05, 3.63) is 64.1 Å². The van der Waals surface area contributed by atoms with E-state index in [1.165, 1.54) is 0 Å². The lowest BCUT2D eigenvalue weighted by atomic mass is 10.1. The minimum Gasteiger partial charge on any atom is -0.357 e. The highest BCUT2D eigenvalue weighted by Crippen LogP contribution is 2.29. The molecule has 2 N–H and O–H groups in total. The van der Waals surface area contributed by atoms with Gasteiger partial charge in [-0.25, -0.2) is 4.98 Å². The third-order valence-corrected chi connectivity index (χ3v) is 4.23. The number of aryl methyl sites for hydroxylation is 2. The van der Waals surface area contributed by atoms with Gasteiger partial charge < -0.3 is 10.6 Å². The molecule has 5 heteroatoms. The maximum Gasteiger partial charge on any atom is 0.224 e. The van der Waals surface area contributed by atoms with E-state index in [1.807, 2.05) is 43.4 Å². The Bertz CT molecular complexity index is 839. The molecule has 1 aromatic heterocycles. The number of halogens is 1. The number of rotatable bonds is 4. The molecular weight excluding hydrogens is 364 g/mol. The first kappa shape index (κ1) is 16.5. The first-order chi connectivity index (χ1) is 11.6. The number of hydrogen-bond acceptors (Lipinski definition) is 4. The number of benzene rings is 2. The van der Waals surface area contributed by atoms with E-state index < -0.39 is 0 Å². The van der Waals surface area contributed by atoms with Gasteiger partial charge in [0.2, 0.25) is 5.95 Å². The lowest BCUT2D eigenvalue weighted by Gasteiger charge is -2.14. The van der Waals surface area contributed by atoms with Gasteiger partial charge in [-0.05, 0) is 37.1 Å². The van der Waals surface area contributed by atoms with Crippen molar-refractivity contribution in [1.82, 2.24) is 9.97 Å². The highest BCUT2D eigenvalue weighted by molar-refractivity contribution is 9.10. The van der Waals surface area contributed by atoms with Crippen molar-refractivity contribution in [3.8, 4) is 11.3 Å². The summed E-state index contributed by atoms with van der Waals surface area (Å²) >= 11 is 3.53. The Balaban J connectivity index is 2.03. The van der Waals surface area contributed by atoms with Gasteiger partial charge in [0.25, 0.3) is 0 Å². The fraction of sp³-hybridized carbons (Fsp3) is 0.158. The van der Waals surface area contributed by atoms with Gasteiger partial charge in [0.15, 0.2) is 0 Å². The van der Waals surface area contributed by atoms with Gasteiger partial charge in [0.1, 0.15) is 5.82 Å². The predicted molar refractivity (Wildman–Crippen MR) is 104 cm³/mol. The maximum absolute atomic E-state index is 4.55. The van der Waals surface area contributed by atoms with Crippen molar-refractivity contribution >= 4 is 33.4 Å². The molecule has 0 unspecified atom stereocenters. The molecule has 24 heavy (non-hydrogen) atoms. The smallest absolute Gasteiger partial charge is 0.224 e. The molecule has 0 amide bonds. The zero-order valence-corrected chi connectivity index (χ0v) is 15.5. The Labute approximate surface area is 150 Å². The molecule has 0 spiro atoms. The lowest BCUT2D eigenvalue weighted by Crippen LogP contribution is -2.03. The summed E-state index contributed by atoms with van der Waals surface area (Å²) in [5, 5.41) is 6.47. The van der Waals surface area contributed by atoms with Crippen molar-refractivity contribution in [1.29, 1.82) is 0 Å². The molecule has 0 aliphatic rings. The molecule has 0 radical (unpaired) electrons. The summed E-state index contributed by atoms with van der Waals surface area (Å²) in [7, 11) is 1.82. The zero-order valence-electron chi connectivity index (χ0n) is 13.9. The van der Waals surface area contributed by atoms with E-state index in [0.717, 1.165) is 38.4 Å². The normalized spacial score (nSPS) is 10.5. The van der Waals surface area contributed by atoms with Gasteiger partial charge in [-0.3, -0.25) is 0 Å². The molecule has 0 atom stereocenters. The first-order valence-electron chi connectivity index (χ1n) is 7.73. The summed E-state index contributed by atoms with van der Waals surface area (Å²) in [4.78, 5) is 9.09. The number of aromatic nitrogens is 2. The summed E-state index contributed by atoms with van der Waals surface area (Å²) in [6, 6.07) is 16.2. The van der Waals surface area contributed by atoms with E-state index in [2.05, 4.69) is 62.5 Å². The van der Waals surface area contributed by atoms with Crippen LogP contribution in [0.2, 0.25) is 0 Å². The Hall–Kier alpha value is -2.40. The molecule has 0 aliphatic heterocycles. The van der Waals surface area contributed by atoms with E-state index >= 15 is 0 Å². The standard InChI is InChI=1S/C19H19BrN4/c1-12-9-15(20)10-13(2)18(12)23-17-11-16(22-19(21-3)24-17)14-7-5-4-6-8-14/h4-11H,1-3H3,(H2,21,22,23,24). The SMILES string of the molecule is CNc1nc(Nc2c(C)cc(Br)cc2C)cc(-c2ccccc2)n1. The molecule has 3 rings (SSSR count). The Morgan fingerprint density at radius 3 is 2.21 bits per heavy atom. The maximum atomic E-state index is 4.55. The van der Waals surface area contributed by atoms with Gasteiger partial charge in [-0.15, -0.1) is 0 Å². The summed E-state index contributed by atoms with van der Waals surface area (Å²) in [5.41, 5.74) is 5.33. The highest BCUT2D eigenvalue weighted by Gasteiger charge is 2.09. The second-order valence-corrected chi connectivity index (χ2v) is 6.53. The molecule has 0 saturated heterocycles. The Kier molecular flexibility index (Phi) is 4.81. The topological polar surface area (TPSA) is 49.8 Å². The molecule has 0 fully saturated rings. The third kappa shape index (κ3) is 3.57. The van der Waals surface area contributed by atoms with Crippen LogP contribution < -0.4 is 10.6 Å². The molecule has 3 aromatic rings. The van der Waals surface area contributed by atoms with Crippen LogP contribution in [0.25, 0.3) is 11.3 Å². The van der Waals surface area contributed by atoms with E-state index in [9.17, 15) is 0 Å². The molecule has 1 heterocycles. The predicted octanol–water partition coefficient (Wildman–Crippen LogP) is 5.31. The average Bonchev–Trinajstić information content (AvgIpc) is 2.58. The summed E-state index contributed by atoms with van der Waals surface area (Å²) in [5.74, 6) is 1.35. The molecule has 0 saturated carbocycles. The summed E-state index contributed by atoms with van der Waals surface area (Å²) in [6.07, 6.45) is 0. The van der Waals surface area contributed by atoms with Gasteiger partial charge in [-0.2, -0.15) is 4.98 Å². The van der Waals surface area contributed by atoms with Crippen molar-refractivity contribution in [3.63, 3.8) is 0 Å². The van der Waals surface area contributed by atoms with Crippen LogP contribution in [0.15, 0.2) is 53.0 Å². The third-order valence-electron chi connectivity index (χ3n) is 3.77. The Morgan fingerprint density at radius 2 is 1.58 bits per heavy atom. The first-order valence-corrected chi connectivity index (χ1v) is 8.52. The number of anilines is 3. The van der Waals surface area contributed by atoms with Crippen molar-refractivity contribution in [2.75, 3.05) is 17.7 Å². The van der Waals surface area contributed by atoms with E-state index in [4.69, 9.17) is 0 Å². The zero-order chi connectivity index (χ0) is 17.1. The van der Waals surface area contributed by atoms with Crippen LogP contribution in [0.1, 0.15) is 11.1 Å². The second-order valence-electron chi connectivity index (χ2n) is 5.62. The molecule has 2 aromatic carbocycles. The molecule has 0 aliphatic carbocycles. The van der Waals surface area contributed by atoms with Crippen LogP contribution in [0.4, 0.5) is 17.5 Å². The van der Waals surface area contributed by atoms with E-state index in [0.29, 0.717) is 5.95 Å². The minimum absolute atomic E-state index is 0.589. The molecular formula is C19H19BrN4. The quantitative estimate of drug-likeness (QED) is 0.641. The van der Waals surface area contributed by atoms with Gasteiger partial charge in [0, 0.05) is 28.8 Å². The largest absolute Gasteiger partial charge is 0.357 e. The van der Waals surface area contributed by atoms with Gasteiger partial charge in [0.05, 0.1) is 5.69 Å². The van der Waals surface area contributed by atoms with E-state index in [-0.39, 0.29) is 0 Å². The summed E-state index contributed by atoms with van der Waals surface area (Å²) < 4.78 is 1.08. The van der Waals surface area contributed by atoms with Crippen LogP contribution in [-0.2, 0) is 0 Å². The average molecular weight is 383 g/mol. The molecule has 4 nitrogen and oxygen atoms in total. The van der Waals surface area contributed by atoms with Gasteiger partial charge in [-0.1, -0.05) is 46.3 Å². The number of nitrogens with zero attached hydrogens (tertiary/aromatic N) is 2. The number of nitrogens with one attached hydrogen (secondary N) is 2. The van der Waals surface area contributed by atoms with Crippen molar-refractivity contribution in [2.24, 2.45) is 0 Å². The molecule has 122 valence electrons.